The number of nitrogens with zero attached hydrogens (tertiary/aromatic N) is 2. The molecule has 2 rings (SSSR count). The number of methoxy groups -OCH3 is 1. The van der Waals surface area contributed by atoms with Crippen molar-refractivity contribution in [2.45, 2.75) is 59.4 Å². The van der Waals surface area contributed by atoms with E-state index in [1.54, 1.807) is 7.11 Å². The molecule has 5 nitrogen and oxygen atoms in total. The molecule has 2 aliphatic heterocycles. The summed E-state index contributed by atoms with van der Waals surface area (Å²) in [5.41, 5.74) is -0.502. The Labute approximate surface area is 146 Å². The Hall–Kier alpha value is -1.10. The number of carbonyl (C=O) groups is 2. The molecule has 0 N–H and O–H groups in total. The Morgan fingerprint density at radius 1 is 1.21 bits per heavy atom. The molecular weight excluding hydrogens is 304 g/mol. The van der Waals surface area contributed by atoms with Crippen LogP contribution in [0.25, 0.3) is 0 Å². The molecule has 2 atom stereocenters. The van der Waals surface area contributed by atoms with Crippen LogP contribution in [0.4, 0.5) is 0 Å². The van der Waals surface area contributed by atoms with Crippen molar-refractivity contribution >= 4 is 11.8 Å². The Morgan fingerprint density at radius 3 is 2.46 bits per heavy atom. The van der Waals surface area contributed by atoms with Crippen LogP contribution in [0.5, 0.6) is 0 Å². The molecule has 2 amide bonds. The van der Waals surface area contributed by atoms with Crippen LogP contribution < -0.4 is 0 Å². The van der Waals surface area contributed by atoms with Gasteiger partial charge in [0.05, 0.1) is 18.1 Å². The molecule has 24 heavy (non-hydrogen) atoms. The number of rotatable bonds is 7. The summed E-state index contributed by atoms with van der Waals surface area (Å²) in [5.74, 6) is 1.35. The van der Waals surface area contributed by atoms with E-state index in [2.05, 4.69) is 18.7 Å². The van der Waals surface area contributed by atoms with Crippen LogP contribution in [0.2, 0.25) is 0 Å². The normalized spacial score (nSPS) is 23.9. The maximum atomic E-state index is 12.8. The van der Waals surface area contributed by atoms with Gasteiger partial charge in [0.25, 0.3) is 0 Å². The highest BCUT2D eigenvalue weighted by Crippen LogP contribution is 2.34. The van der Waals surface area contributed by atoms with Crippen LogP contribution in [-0.2, 0) is 14.3 Å². The van der Waals surface area contributed by atoms with Gasteiger partial charge in [-0.15, -0.1) is 0 Å². The molecule has 0 aliphatic carbocycles. The minimum absolute atomic E-state index is 0.145. The predicted molar refractivity (Wildman–Crippen MR) is 94.5 cm³/mol. The Kier molecular flexibility index (Phi) is 6.29. The van der Waals surface area contributed by atoms with E-state index in [1.807, 2.05) is 18.7 Å². The van der Waals surface area contributed by atoms with E-state index in [9.17, 15) is 9.59 Å². The molecule has 0 aromatic carbocycles. The van der Waals surface area contributed by atoms with Gasteiger partial charge in [0.1, 0.15) is 0 Å². The maximum absolute atomic E-state index is 12.8. The average molecular weight is 338 g/mol. The first kappa shape index (κ1) is 19.2. The summed E-state index contributed by atoms with van der Waals surface area (Å²) in [5, 5.41) is 0. The van der Waals surface area contributed by atoms with E-state index in [-0.39, 0.29) is 17.9 Å². The highest BCUT2D eigenvalue weighted by Gasteiger charge is 2.46. The average Bonchev–Trinajstić information content (AvgIpc) is 3.11. The fourth-order valence-electron chi connectivity index (χ4n) is 4.23. The summed E-state index contributed by atoms with van der Waals surface area (Å²) < 4.78 is 5.20. The number of carbonyl (C=O) groups excluding carboxylic acids is 2. The van der Waals surface area contributed by atoms with E-state index in [0.29, 0.717) is 31.4 Å². The van der Waals surface area contributed by atoms with Gasteiger partial charge in [-0.2, -0.15) is 0 Å². The number of likely N-dealkylation sites (tertiary alicyclic amines) is 2. The lowest BCUT2D eigenvalue weighted by molar-refractivity contribution is -0.143. The van der Waals surface area contributed by atoms with Gasteiger partial charge in [0.15, 0.2) is 0 Å². The smallest absolute Gasteiger partial charge is 0.230 e. The second kappa shape index (κ2) is 7.85. The van der Waals surface area contributed by atoms with Gasteiger partial charge < -0.3 is 14.5 Å². The lowest BCUT2D eigenvalue weighted by atomic mass is 9.93. The zero-order chi connectivity index (χ0) is 17.9. The summed E-state index contributed by atoms with van der Waals surface area (Å²) in [4.78, 5) is 29.5. The van der Waals surface area contributed by atoms with Crippen molar-refractivity contribution in [2.75, 3.05) is 33.4 Å². The monoisotopic (exact) mass is 338 g/mol. The molecule has 2 aliphatic rings. The fourth-order valence-corrected chi connectivity index (χ4v) is 4.23. The molecule has 138 valence electrons. The number of fused-ring (bicyclic) bond motifs is 1. The van der Waals surface area contributed by atoms with E-state index in [1.165, 1.54) is 0 Å². The third-order valence-corrected chi connectivity index (χ3v) is 5.86. The molecule has 0 aromatic rings. The first-order valence-electron chi connectivity index (χ1n) is 9.41. The molecule has 0 radical (unpaired) electrons. The van der Waals surface area contributed by atoms with Gasteiger partial charge in [-0.1, -0.05) is 26.7 Å². The topological polar surface area (TPSA) is 49.9 Å². The molecule has 2 fully saturated rings. The third kappa shape index (κ3) is 3.93. The summed E-state index contributed by atoms with van der Waals surface area (Å²) in [6.07, 6.45) is 3.78. The van der Waals surface area contributed by atoms with Crippen molar-refractivity contribution in [3.05, 3.63) is 0 Å². The minimum atomic E-state index is -0.502. The van der Waals surface area contributed by atoms with Crippen LogP contribution in [0, 0.1) is 17.3 Å². The molecule has 0 aromatic heterocycles. The molecule has 2 saturated heterocycles. The molecule has 0 unspecified atom stereocenters. The number of ether oxygens (including phenoxy) is 1. The van der Waals surface area contributed by atoms with Crippen LogP contribution in [0.1, 0.15) is 53.4 Å². The zero-order valence-electron chi connectivity index (χ0n) is 16.0. The van der Waals surface area contributed by atoms with Crippen molar-refractivity contribution in [1.82, 2.24) is 9.80 Å². The summed E-state index contributed by atoms with van der Waals surface area (Å²) >= 11 is 0. The van der Waals surface area contributed by atoms with E-state index in [4.69, 9.17) is 4.74 Å². The lowest BCUT2D eigenvalue weighted by Crippen LogP contribution is -2.45. The number of hydrogen-bond donors (Lipinski definition) is 0. The Bertz CT molecular complexity index is 460. The van der Waals surface area contributed by atoms with Crippen LogP contribution >= 0.6 is 0 Å². The molecule has 2 heterocycles. The van der Waals surface area contributed by atoms with E-state index < -0.39 is 5.41 Å². The largest absolute Gasteiger partial charge is 0.384 e. The van der Waals surface area contributed by atoms with E-state index >= 15 is 0 Å². The Balaban J connectivity index is 1.98. The van der Waals surface area contributed by atoms with Gasteiger partial charge in [-0.25, -0.2) is 0 Å². The second-order valence-electron chi connectivity index (χ2n) is 8.12. The van der Waals surface area contributed by atoms with Crippen molar-refractivity contribution in [3.63, 3.8) is 0 Å². The Morgan fingerprint density at radius 2 is 1.88 bits per heavy atom. The molecule has 0 saturated carbocycles. The predicted octanol–water partition coefficient (Wildman–Crippen LogP) is 2.54. The summed E-state index contributed by atoms with van der Waals surface area (Å²) in [7, 11) is 1.63. The molecule has 0 bridgehead atoms. The van der Waals surface area contributed by atoms with Crippen LogP contribution in [0.3, 0.4) is 0 Å². The SMILES string of the molecule is CCC(CC)CC(=O)N1CC[C@@H]2CN(C(=O)C(C)(C)COC)C[C@@H]21. The van der Waals surface area contributed by atoms with Crippen molar-refractivity contribution in [3.8, 4) is 0 Å². The van der Waals surface area contributed by atoms with Gasteiger partial charge in [0, 0.05) is 39.1 Å². The highest BCUT2D eigenvalue weighted by atomic mass is 16.5. The molecular formula is C19H34N2O3. The quantitative estimate of drug-likeness (QED) is 0.717. The molecule has 5 heteroatoms. The molecule has 0 spiro atoms. The third-order valence-electron chi connectivity index (χ3n) is 5.86. The maximum Gasteiger partial charge on any atom is 0.230 e. The number of hydrogen-bond acceptors (Lipinski definition) is 3. The highest BCUT2D eigenvalue weighted by molar-refractivity contribution is 5.83. The fraction of sp³-hybridized carbons (Fsp3) is 0.895. The minimum Gasteiger partial charge on any atom is -0.384 e. The van der Waals surface area contributed by atoms with Crippen molar-refractivity contribution in [1.29, 1.82) is 0 Å². The van der Waals surface area contributed by atoms with Crippen molar-refractivity contribution < 1.29 is 14.3 Å². The lowest BCUT2D eigenvalue weighted by Gasteiger charge is -2.30. The first-order valence-corrected chi connectivity index (χ1v) is 9.41. The first-order chi connectivity index (χ1) is 11.3. The van der Waals surface area contributed by atoms with Gasteiger partial charge in [-0.3, -0.25) is 9.59 Å². The standard InChI is InChI=1S/C19H34N2O3/c1-6-14(7-2)10-17(22)21-9-8-15-11-20(12-16(15)21)18(23)19(3,4)13-24-5/h14-16H,6-13H2,1-5H3/t15-,16+/m1/s1. The second-order valence-corrected chi connectivity index (χ2v) is 8.12. The number of amides is 2. The summed E-state index contributed by atoms with van der Waals surface area (Å²) in [6.45, 7) is 10.9. The van der Waals surface area contributed by atoms with Crippen molar-refractivity contribution in [2.24, 2.45) is 17.3 Å². The van der Waals surface area contributed by atoms with Gasteiger partial charge in [0.2, 0.25) is 11.8 Å². The van der Waals surface area contributed by atoms with Gasteiger partial charge in [-0.05, 0) is 26.2 Å². The van der Waals surface area contributed by atoms with Crippen LogP contribution in [0.15, 0.2) is 0 Å². The zero-order valence-corrected chi connectivity index (χ0v) is 16.0. The van der Waals surface area contributed by atoms with Gasteiger partial charge >= 0.3 is 0 Å². The summed E-state index contributed by atoms with van der Waals surface area (Å²) in [6, 6.07) is 0.217. The van der Waals surface area contributed by atoms with Crippen LogP contribution in [-0.4, -0.2) is 61.0 Å². The van der Waals surface area contributed by atoms with E-state index in [0.717, 1.165) is 32.4 Å².